The number of hydrogen-bond acceptors (Lipinski definition) is 4. The van der Waals surface area contributed by atoms with Gasteiger partial charge in [-0.15, -0.1) is 0 Å². The summed E-state index contributed by atoms with van der Waals surface area (Å²) in [6.45, 7) is 10.9. The topological polar surface area (TPSA) is 35.5 Å². The van der Waals surface area contributed by atoms with E-state index in [0.717, 1.165) is 26.2 Å². The number of aliphatic hydroxyl groups is 1. The van der Waals surface area contributed by atoms with Crippen LogP contribution in [0.2, 0.25) is 0 Å². The number of likely N-dealkylation sites (N-methyl/N-ethyl adjacent to an activating group) is 1. The quantitative estimate of drug-likeness (QED) is 0.625. The van der Waals surface area contributed by atoms with Gasteiger partial charge in [0.25, 0.3) is 0 Å². The third kappa shape index (κ3) is 8.08. The molecule has 0 aliphatic carbocycles. The highest BCUT2D eigenvalue weighted by molar-refractivity contribution is 7.99. The van der Waals surface area contributed by atoms with Crippen LogP contribution in [0.1, 0.15) is 20.8 Å². The zero-order valence-corrected chi connectivity index (χ0v) is 11.3. The second kappa shape index (κ2) is 9.46. The largest absolute Gasteiger partial charge is 0.390 e. The maximum Gasteiger partial charge on any atom is 0.0791 e. The van der Waals surface area contributed by atoms with E-state index in [1.54, 1.807) is 0 Å². The van der Waals surface area contributed by atoms with Gasteiger partial charge in [0.15, 0.2) is 0 Å². The average molecular weight is 234 g/mol. The van der Waals surface area contributed by atoms with Gasteiger partial charge in [-0.25, -0.2) is 0 Å². The standard InChI is InChI=1S/C11H26N2OS/c1-5-13(6-2)9-11(14)8-12-7-10(3)15-4/h10-12,14H,5-9H2,1-4H3. The van der Waals surface area contributed by atoms with Gasteiger partial charge in [0.05, 0.1) is 6.10 Å². The molecule has 0 aliphatic heterocycles. The summed E-state index contributed by atoms with van der Waals surface area (Å²) in [5.74, 6) is 0. The molecule has 0 fully saturated rings. The number of nitrogens with zero attached hydrogens (tertiary/aromatic N) is 1. The van der Waals surface area contributed by atoms with Gasteiger partial charge < -0.3 is 15.3 Å². The fraction of sp³-hybridized carbons (Fsp3) is 1.00. The molecule has 2 N–H and O–H groups in total. The Labute approximate surface area is 98.6 Å². The molecule has 0 bridgehead atoms. The molecule has 0 saturated heterocycles. The Kier molecular flexibility index (Phi) is 9.60. The summed E-state index contributed by atoms with van der Waals surface area (Å²) in [6, 6.07) is 0. The molecule has 0 amide bonds. The minimum absolute atomic E-state index is 0.251. The van der Waals surface area contributed by atoms with Crippen LogP contribution in [0, 0.1) is 0 Å². The Hall–Kier alpha value is 0.230. The van der Waals surface area contributed by atoms with Crippen molar-refractivity contribution in [1.29, 1.82) is 0 Å². The Bertz CT molecular complexity index is 143. The van der Waals surface area contributed by atoms with E-state index < -0.39 is 0 Å². The molecule has 0 radical (unpaired) electrons. The van der Waals surface area contributed by atoms with Crippen molar-refractivity contribution in [2.24, 2.45) is 0 Å². The summed E-state index contributed by atoms with van der Waals surface area (Å²) in [6.07, 6.45) is 1.86. The van der Waals surface area contributed by atoms with Crippen molar-refractivity contribution in [3.05, 3.63) is 0 Å². The van der Waals surface area contributed by atoms with Crippen LogP contribution in [0.3, 0.4) is 0 Å². The molecular formula is C11H26N2OS. The minimum Gasteiger partial charge on any atom is -0.390 e. The predicted molar refractivity (Wildman–Crippen MR) is 69.6 cm³/mol. The Balaban J connectivity index is 3.51. The van der Waals surface area contributed by atoms with Gasteiger partial charge in [-0.1, -0.05) is 20.8 Å². The number of aliphatic hydroxyl groups excluding tert-OH is 1. The van der Waals surface area contributed by atoms with E-state index in [1.165, 1.54) is 0 Å². The van der Waals surface area contributed by atoms with E-state index >= 15 is 0 Å². The van der Waals surface area contributed by atoms with Crippen molar-refractivity contribution in [2.45, 2.75) is 32.1 Å². The molecule has 0 aromatic rings. The lowest BCUT2D eigenvalue weighted by molar-refractivity contribution is 0.117. The first-order valence-corrected chi connectivity index (χ1v) is 7.06. The lowest BCUT2D eigenvalue weighted by Gasteiger charge is -2.22. The molecular weight excluding hydrogens is 208 g/mol. The van der Waals surface area contributed by atoms with Gasteiger partial charge in [0, 0.05) is 24.9 Å². The first-order valence-electron chi connectivity index (χ1n) is 5.77. The van der Waals surface area contributed by atoms with Crippen molar-refractivity contribution in [2.75, 3.05) is 39.0 Å². The summed E-state index contributed by atoms with van der Waals surface area (Å²) in [4.78, 5) is 2.24. The van der Waals surface area contributed by atoms with Gasteiger partial charge >= 0.3 is 0 Å². The second-order valence-electron chi connectivity index (χ2n) is 3.84. The molecule has 15 heavy (non-hydrogen) atoms. The Morgan fingerprint density at radius 3 is 2.33 bits per heavy atom. The second-order valence-corrected chi connectivity index (χ2v) is 5.12. The Morgan fingerprint density at radius 2 is 1.87 bits per heavy atom. The highest BCUT2D eigenvalue weighted by Gasteiger charge is 2.08. The van der Waals surface area contributed by atoms with Crippen LogP contribution in [0.15, 0.2) is 0 Å². The third-order valence-electron chi connectivity index (χ3n) is 2.58. The predicted octanol–water partition coefficient (Wildman–Crippen LogP) is 1.03. The summed E-state index contributed by atoms with van der Waals surface area (Å²) in [7, 11) is 0. The molecule has 4 heteroatoms. The van der Waals surface area contributed by atoms with E-state index in [2.05, 4.69) is 37.2 Å². The summed E-state index contributed by atoms with van der Waals surface area (Å²) in [5, 5.41) is 13.7. The van der Waals surface area contributed by atoms with Crippen LogP contribution < -0.4 is 5.32 Å². The molecule has 2 atom stereocenters. The lowest BCUT2D eigenvalue weighted by Crippen LogP contribution is -2.39. The van der Waals surface area contributed by atoms with E-state index in [1.807, 2.05) is 11.8 Å². The van der Waals surface area contributed by atoms with Gasteiger partial charge in [0.2, 0.25) is 0 Å². The lowest BCUT2D eigenvalue weighted by atomic mass is 10.3. The first-order chi connectivity index (χ1) is 7.13. The molecule has 0 rings (SSSR count). The van der Waals surface area contributed by atoms with Crippen molar-refractivity contribution in [3.8, 4) is 0 Å². The van der Waals surface area contributed by atoms with Crippen LogP contribution in [-0.2, 0) is 0 Å². The van der Waals surface area contributed by atoms with Crippen LogP contribution in [0.4, 0.5) is 0 Å². The van der Waals surface area contributed by atoms with Crippen molar-refractivity contribution in [1.82, 2.24) is 10.2 Å². The normalized spacial score (nSPS) is 15.6. The van der Waals surface area contributed by atoms with E-state index in [4.69, 9.17) is 0 Å². The number of nitrogens with one attached hydrogen (secondary N) is 1. The fourth-order valence-electron chi connectivity index (χ4n) is 1.38. The molecule has 0 aliphatic rings. The van der Waals surface area contributed by atoms with Crippen molar-refractivity contribution in [3.63, 3.8) is 0 Å². The molecule has 0 spiro atoms. The van der Waals surface area contributed by atoms with E-state index in [-0.39, 0.29) is 6.10 Å². The fourth-order valence-corrected chi connectivity index (χ4v) is 1.67. The van der Waals surface area contributed by atoms with Crippen LogP contribution in [0.5, 0.6) is 0 Å². The summed E-state index contributed by atoms with van der Waals surface area (Å²) >= 11 is 1.84. The van der Waals surface area contributed by atoms with E-state index in [0.29, 0.717) is 11.8 Å². The first kappa shape index (κ1) is 15.2. The molecule has 0 aromatic heterocycles. The number of thioether (sulfide) groups is 1. The zero-order chi connectivity index (χ0) is 11.7. The van der Waals surface area contributed by atoms with Gasteiger partial charge in [-0.3, -0.25) is 0 Å². The Morgan fingerprint density at radius 1 is 1.27 bits per heavy atom. The van der Waals surface area contributed by atoms with Gasteiger partial charge in [-0.05, 0) is 19.3 Å². The highest BCUT2D eigenvalue weighted by atomic mass is 32.2. The maximum absolute atomic E-state index is 9.76. The van der Waals surface area contributed by atoms with Crippen LogP contribution in [0.25, 0.3) is 0 Å². The maximum atomic E-state index is 9.76. The number of hydrogen-bond donors (Lipinski definition) is 2. The molecule has 0 heterocycles. The molecule has 0 saturated carbocycles. The van der Waals surface area contributed by atoms with Crippen LogP contribution >= 0.6 is 11.8 Å². The SMILES string of the molecule is CCN(CC)CC(O)CNCC(C)SC. The average Bonchev–Trinajstić information content (AvgIpc) is 2.25. The molecule has 2 unspecified atom stereocenters. The van der Waals surface area contributed by atoms with Crippen molar-refractivity contribution >= 4 is 11.8 Å². The van der Waals surface area contributed by atoms with Crippen LogP contribution in [-0.4, -0.2) is 60.3 Å². The molecule has 92 valence electrons. The smallest absolute Gasteiger partial charge is 0.0791 e. The zero-order valence-electron chi connectivity index (χ0n) is 10.5. The summed E-state index contributed by atoms with van der Waals surface area (Å²) < 4.78 is 0. The molecule has 0 aromatic carbocycles. The minimum atomic E-state index is -0.251. The third-order valence-corrected chi connectivity index (χ3v) is 3.55. The highest BCUT2D eigenvalue weighted by Crippen LogP contribution is 2.02. The number of rotatable bonds is 9. The van der Waals surface area contributed by atoms with Gasteiger partial charge in [-0.2, -0.15) is 11.8 Å². The van der Waals surface area contributed by atoms with E-state index in [9.17, 15) is 5.11 Å². The van der Waals surface area contributed by atoms with Crippen molar-refractivity contribution < 1.29 is 5.11 Å². The van der Waals surface area contributed by atoms with Gasteiger partial charge in [0.1, 0.15) is 0 Å². The monoisotopic (exact) mass is 234 g/mol. The molecule has 3 nitrogen and oxygen atoms in total. The summed E-state index contributed by atoms with van der Waals surface area (Å²) in [5.41, 5.74) is 0.